The largest absolute Gasteiger partial charge is 0.381 e. The van der Waals surface area contributed by atoms with Crippen LogP contribution in [0.5, 0.6) is 0 Å². The van der Waals surface area contributed by atoms with E-state index in [4.69, 9.17) is 4.74 Å². The molecule has 3 fully saturated rings. The van der Waals surface area contributed by atoms with Crippen molar-refractivity contribution in [2.24, 2.45) is 10.8 Å². The molecular formula is C12H21NO. The lowest BCUT2D eigenvalue weighted by molar-refractivity contribution is -0.252. The summed E-state index contributed by atoms with van der Waals surface area (Å²) in [5.74, 6) is 0. The molecule has 14 heavy (non-hydrogen) atoms. The van der Waals surface area contributed by atoms with Crippen LogP contribution in [0, 0.1) is 10.8 Å². The Morgan fingerprint density at radius 2 is 1.86 bits per heavy atom. The monoisotopic (exact) mass is 195 g/mol. The van der Waals surface area contributed by atoms with Crippen LogP contribution in [0.1, 0.15) is 38.5 Å². The van der Waals surface area contributed by atoms with Crippen LogP contribution in [0.25, 0.3) is 0 Å². The topological polar surface area (TPSA) is 21.3 Å². The highest BCUT2D eigenvalue weighted by Crippen LogP contribution is 2.70. The van der Waals surface area contributed by atoms with Gasteiger partial charge in [0, 0.05) is 12.5 Å². The van der Waals surface area contributed by atoms with E-state index in [-0.39, 0.29) is 0 Å². The molecule has 1 aliphatic heterocycles. The third kappa shape index (κ3) is 0.892. The van der Waals surface area contributed by atoms with Gasteiger partial charge < -0.3 is 10.1 Å². The summed E-state index contributed by atoms with van der Waals surface area (Å²) >= 11 is 0. The van der Waals surface area contributed by atoms with Crippen molar-refractivity contribution in [1.29, 1.82) is 0 Å². The van der Waals surface area contributed by atoms with Crippen molar-refractivity contribution in [2.45, 2.75) is 44.6 Å². The highest BCUT2D eigenvalue weighted by molar-refractivity contribution is 5.17. The molecule has 2 saturated carbocycles. The Labute approximate surface area is 86.4 Å². The third-order valence-corrected chi connectivity index (χ3v) is 5.34. The van der Waals surface area contributed by atoms with Gasteiger partial charge >= 0.3 is 0 Å². The number of methoxy groups -OCH3 is 1. The van der Waals surface area contributed by atoms with Crippen LogP contribution in [0.15, 0.2) is 0 Å². The molecule has 2 aliphatic carbocycles. The van der Waals surface area contributed by atoms with E-state index in [0.29, 0.717) is 16.9 Å². The second-order valence-corrected chi connectivity index (χ2v) is 5.47. The molecule has 80 valence electrons. The summed E-state index contributed by atoms with van der Waals surface area (Å²) in [6.45, 7) is 2.47. The number of rotatable bonds is 1. The summed E-state index contributed by atoms with van der Waals surface area (Å²) in [5.41, 5.74) is 1.29. The average Bonchev–Trinajstić information content (AvgIpc) is 2.13. The second kappa shape index (κ2) is 2.96. The van der Waals surface area contributed by atoms with Crippen molar-refractivity contribution in [3.05, 3.63) is 0 Å². The highest BCUT2D eigenvalue weighted by atomic mass is 16.5. The first-order valence-corrected chi connectivity index (χ1v) is 6.07. The molecule has 1 unspecified atom stereocenters. The van der Waals surface area contributed by atoms with Crippen molar-refractivity contribution in [3.8, 4) is 0 Å². The van der Waals surface area contributed by atoms with Crippen LogP contribution in [0.4, 0.5) is 0 Å². The molecule has 1 saturated heterocycles. The number of hydrogen-bond acceptors (Lipinski definition) is 2. The zero-order chi connectivity index (χ0) is 9.65. The Balaban J connectivity index is 1.81. The van der Waals surface area contributed by atoms with Gasteiger partial charge in [0.25, 0.3) is 0 Å². The predicted molar refractivity (Wildman–Crippen MR) is 56.2 cm³/mol. The average molecular weight is 195 g/mol. The molecule has 3 rings (SSSR count). The molecule has 0 radical (unpaired) electrons. The predicted octanol–water partition coefficient (Wildman–Crippen LogP) is 1.95. The summed E-state index contributed by atoms with van der Waals surface area (Å²) < 4.78 is 5.65. The molecular weight excluding hydrogens is 174 g/mol. The smallest absolute Gasteiger partial charge is 0.0638 e. The molecule has 1 atom stereocenters. The number of piperidine rings is 1. The molecule has 0 aromatic rings. The van der Waals surface area contributed by atoms with Gasteiger partial charge in [-0.2, -0.15) is 0 Å². The lowest BCUT2D eigenvalue weighted by Crippen LogP contribution is -2.67. The van der Waals surface area contributed by atoms with Gasteiger partial charge in [-0.1, -0.05) is 6.42 Å². The molecule has 0 amide bonds. The van der Waals surface area contributed by atoms with Crippen molar-refractivity contribution in [1.82, 2.24) is 5.32 Å². The van der Waals surface area contributed by atoms with E-state index >= 15 is 0 Å². The fourth-order valence-corrected chi connectivity index (χ4v) is 4.29. The number of fused-ring (bicyclic) bond motifs is 1. The Bertz CT molecular complexity index is 228. The van der Waals surface area contributed by atoms with Gasteiger partial charge in [0.05, 0.1) is 6.10 Å². The van der Waals surface area contributed by atoms with E-state index in [1.54, 1.807) is 0 Å². The molecule has 2 heteroatoms. The molecule has 2 spiro atoms. The van der Waals surface area contributed by atoms with E-state index in [9.17, 15) is 0 Å². The second-order valence-electron chi connectivity index (χ2n) is 5.47. The molecule has 2 nitrogen and oxygen atoms in total. The lowest BCUT2D eigenvalue weighted by Gasteiger charge is -2.70. The van der Waals surface area contributed by atoms with Crippen molar-refractivity contribution < 1.29 is 4.74 Å². The van der Waals surface area contributed by atoms with Crippen LogP contribution in [0.2, 0.25) is 0 Å². The van der Waals surface area contributed by atoms with Crippen LogP contribution in [0.3, 0.4) is 0 Å². The first-order chi connectivity index (χ1) is 6.83. The molecule has 0 bridgehead atoms. The molecule has 3 aliphatic rings. The van der Waals surface area contributed by atoms with E-state index in [1.165, 1.54) is 51.6 Å². The number of nitrogens with one attached hydrogen (secondary N) is 1. The summed E-state index contributed by atoms with van der Waals surface area (Å²) in [4.78, 5) is 0. The third-order valence-electron chi connectivity index (χ3n) is 5.34. The SMILES string of the molecule is COC1CC2(CCNCC2)C12CCC2. The minimum atomic E-state index is 0.592. The molecule has 0 aromatic carbocycles. The van der Waals surface area contributed by atoms with Crippen LogP contribution >= 0.6 is 0 Å². The number of hydrogen-bond donors (Lipinski definition) is 1. The highest BCUT2D eigenvalue weighted by Gasteiger charge is 2.67. The minimum absolute atomic E-state index is 0.592. The minimum Gasteiger partial charge on any atom is -0.381 e. The standard InChI is InChI=1S/C12H21NO/c1-14-10-9-11(5-7-13-8-6-11)12(10)3-2-4-12/h10,13H,2-9H2,1H3. The van der Waals surface area contributed by atoms with Crippen molar-refractivity contribution >= 4 is 0 Å². The van der Waals surface area contributed by atoms with Gasteiger partial charge in [-0.25, -0.2) is 0 Å². The van der Waals surface area contributed by atoms with Crippen molar-refractivity contribution in [2.75, 3.05) is 20.2 Å². The van der Waals surface area contributed by atoms with E-state index in [0.717, 1.165) is 0 Å². The van der Waals surface area contributed by atoms with E-state index in [1.807, 2.05) is 7.11 Å². The lowest BCUT2D eigenvalue weighted by atomic mass is 9.38. The Morgan fingerprint density at radius 3 is 2.36 bits per heavy atom. The summed E-state index contributed by atoms with van der Waals surface area (Å²) in [7, 11) is 1.90. The zero-order valence-electron chi connectivity index (χ0n) is 9.14. The maximum atomic E-state index is 5.65. The van der Waals surface area contributed by atoms with Crippen LogP contribution < -0.4 is 5.32 Å². The Hall–Kier alpha value is -0.0800. The van der Waals surface area contributed by atoms with Gasteiger partial charge in [0.2, 0.25) is 0 Å². The van der Waals surface area contributed by atoms with Gasteiger partial charge in [0.15, 0.2) is 0 Å². The summed E-state index contributed by atoms with van der Waals surface area (Å²) in [5, 5.41) is 3.49. The van der Waals surface area contributed by atoms with Gasteiger partial charge in [-0.3, -0.25) is 0 Å². The molecule has 0 aromatic heterocycles. The first kappa shape index (κ1) is 9.17. The van der Waals surface area contributed by atoms with Gasteiger partial charge in [-0.05, 0) is 50.6 Å². The molecule has 1 N–H and O–H groups in total. The molecule has 1 heterocycles. The first-order valence-electron chi connectivity index (χ1n) is 6.07. The quantitative estimate of drug-likeness (QED) is 0.690. The Morgan fingerprint density at radius 1 is 1.14 bits per heavy atom. The summed E-state index contributed by atoms with van der Waals surface area (Å²) in [6, 6.07) is 0. The van der Waals surface area contributed by atoms with Gasteiger partial charge in [-0.15, -0.1) is 0 Å². The van der Waals surface area contributed by atoms with E-state index in [2.05, 4.69) is 5.32 Å². The van der Waals surface area contributed by atoms with E-state index < -0.39 is 0 Å². The fourth-order valence-electron chi connectivity index (χ4n) is 4.29. The number of ether oxygens (including phenoxy) is 1. The maximum absolute atomic E-state index is 5.65. The van der Waals surface area contributed by atoms with Crippen LogP contribution in [-0.4, -0.2) is 26.3 Å². The summed E-state index contributed by atoms with van der Waals surface area (Å²) in [6.07, 6.45) is 9.03. The van der Waals surface area contributed by atoms with Gasteiger partial charge in [0.1, 0.15) is 0 Å². The van der Waals surface area contributed by atoms with Crippen LogP contribution in [-0.2, 0) is 4.74 Å². The van der Waals surface area contributed by atoms with Crippen molar-refractivity contribution in [3.63, 3.8) is 0 Å². The fraction of sp³-hybridized carbons (Fsp3) is 1.00. The maximum Gasteiger partial charge on any atom is 0.0638 e. The normalized spacial score (nSPS) is 37.9. The Kier molecular flexibility index (Phi) is 1.94. The zero-order valence-corrected chi connectivity index (χ0v) is 9.14.